The highest BCUT2D eigenvalue weighted by Crippen LogP contribution is 2.22. The van der Waals surface area contributed by atoms with E-state index in [0.29, 0.717) is 0 Å². The molecule has 20 heavy (non-hydrogen) atoms. The third-order valence-electron chi connectivity index (χ3n) is 4.58. The van der Waals surface area contributed by atoms with Crippen molar-refractivity contribution in [2.24, 2.45) is 0 Å². The Balaban J connectivity index is 2.01. The van der Waals surface area contributed by atoms with Gasteiger partial charge in [-0.25, -0.2) is 0 Å². The van der Waals surface area contributed by atoms with Gasteiger partial charge in [0.05, 0.1) is 8.07 Å². The van der Waals surface area contributed by atoms with Crippen LogP contribution in [0.1, 0.15) is 44.6 Å². The molecule has 2 rings (SSSR count). The maximum atomic E-state index is 2.72. The summed E-state index contributed by atoms with van der Waals surface area (Å²) in [6, 6.07) is 10.3. The van der Waals surface area contributed by atoms with Crippen LogP contribution in [0, 0.1) is 0 Å². The zero-order valence-electron chi connectivity index (χ0n) is 13.8. The molecule has 1 aliphatic rings. The van der Waals surface area contributed by atoms with E-state index in [1.165, 1.54) is 44.2 Å². The minimum atomic E-state index is -1.15. The Labute approximate surface area is 126 Å². The summed E-state index contributed by atoms with van der Waals surface area (Å²) in [7, 11) is -1.15. The van der Waals surface area contributed by atoms with Gasteiger partial charge in [0, 0.05) is 12.6 Å². The molecule has 0 saturated carbocycles. The van der Waals surface area contributed by atoms with Gasteiger partial charge in [-0.2, -0.15) is 0 Å². The van der Waals surface area contributed by atoms with E-state index in [2.05, 4.69) is 55.7 Å². The molecule has 1 heterocycles. The molecular formula is C18H31NSi. The Kier molecular flexibility index (Phi) is 5.45. The van der Waals surface area contributed by atoms with Crippen molar-refractivity contribution in [1.82, 2.24) is 4.90 Å². The van der Waals surface area contributed by atoms with Gasteiger partial charge in [-0.1, -0.05) is 68.9 Å². The van der Waals surface area contributed by atoms with E-state index in [9.17, 15) is 0 Å². The molecule has 1 nitrogen and oxygen atoms in total. The van der Waals surface area contributed by atoms with Crippen LogP contribution < -0.4 is 5.19 Å². The van der Waals surface area contributed by atoms with Gasteiger partial charge >= 0.3 is 0 Å². The summed E-state index contributed by atoms with van der Waals surface area (Å²) in [5, 5.41) is 1.57. The van der Waals surface area contributed by atoms with Crippen LogP contribution in [0.5, 0.6) is 0 Å². The highest BCUT2D eigenvalue weighted by atomic mass is 28.3. The molecule has 1 unspecified atom stereocenters. The number of nitrogens with zero attached hydrogens (tertiary/aromatic N) is 1. The third-order valence-corrected chi connectivity index (χ3v) is 6.64. The SMILES string of the molecule is CCCC1CCCCN1Cc1ccc([Si](C)(C)C)cc1. The van der Waals surface area contributed by atoms with Crippen LogP contribution in [0.3, 0.4) is 0 Å². The Morgan fingerprint density at radius 3 is 2.40 bits per heavy atom. The predicted octanol–water partition coefficient (Wildman–Crippen LogP) is 4.39. The molecule has 2 heteroatoms. The van der Waals surface area contributed by atoms with Gasteiger partial charge in [0.2, 0.25) is 0 Å². The van der Waals surface area contributed by atoms with Crippen LogP contribution in [-0.2, 0) is 6.54 Å². The van der Waals surface area contributed by atoms with Crippen molar-refractivity contribution in [3.63, 3.8) is 0 Å². The van der Waals surface area contributed by atoms with Crippen LogP contribution in [0.2, 0.25) is 19.6 Å². The average molecular weight is 290 g/mol. The number of hydrogen-bond donors (Lipinski definition) is 0. The smallest absolute Gasteiger partial charge is 0.0775 e. The van der Waals surface area contributed by atoms with E-state index in [0.717, 1.165) is 12.6 Å². The minimum Gasteiger partial charge on any atom is -0.296 e. The Hall–Kier alpha value is -0.603. The summed E-state index contributed by atoms with van der Waals surface area (Å²) >= 11 is 0. The molecule has 1 aromatic carbocycles. The number of rotatable bonds is 5. The topological polar surface area (TPSA) is 3.24 Å². The van der Waals surface area contributed by atoms with Crippen molar-refractivity contribution < 1.29 is 0 Å². The van der Waals surface area contributed by atoms with Crippen LogP contribution in [0.4, 0.5) is 0 Å². The Bertz CT molecular complexity index is 402. The lowest BCUT2D eigenvalue weighted by Crippen LogP contribution is -2.39. The van der Waals surface area contributed by atoms with Crippen molar-refractivity contribution in [1.29, 1.82) is 0 Å². The van der Waals surface area contributed by atoms with Crippen molar-refractivity contribution in [3.8, 4) is 0 Å². The monoisotopic (exact) mass is 289 g/mol. The second-order valence-corrected chi connectivity index (χ2v) is 12.4. The van der Waals surface area contributed by atoms with Crippen molar-refractivity contribution >= 4 is 13.3 Å². The minimum absolute atomic E-state index is 0.824. The van der Waals surface area contributed by atoms with Crippen molar-refractivity contribution in [3.05, 3.63) is 29.8 Å². The van der Waals surface area contributed by atoms with Gasteiger partial charge in [0.1, 0.15) is 0 Å². The highest BCUT2D eigenvalue weighted by molar-refractivity contribution is 6.88. The third kappa shape index (κ3) is 4.19. The zero-order chi connectivity index (χ0) is 14.6. The lowest BCUT2D eigenvalue weighted by Gasteiger charge is -2.35. The summed E-state index contributed by atoms with van der Waals surface area (Å²) in [5.74, 6) is 0. The Morgan fingerprint density at radius 1 is 1.10 bits per heavy atom. The van der Waals surface area contributed by atoms with Gasteiger partial charge in [-0.15, -0.1) is 0 Å². The van der Waals surface area contributed by atoms with E-state index in [4.69, 9.17) is 0 Å². The lowest BCUT2D eigenvalue weighted by atomic mass is 9.97. The summed E-state index contributed by atoms with van der Waals surface area (Å²) in [5.41, 5.74) is 1.50. The normalized spacial score (nSPS) is 21.1. The second-order valence-electron chi connectivity index (χ2n) is 7.36. The van der Waals surface area contributed by atoms with E-state index in [-0.39, 0.29) is 0 Å². The van der Waals surface area contributed by atoms with Gasteiger partial charge in [0.25, 0.3) is 0 Å². The van der Waals surface area contributed by atoms with Gasteiger partial charge in [-0.3, -0.25) is 4.90 Å². The molecule has 1 saturated heterocycles. The van der Waals surface area contributed by atoms with Crippen molar-refractivity contribution in [2.75, 3.05) is 6.54 Å². The standard InChI is InChI=1S/C18H31NSi/c1-5-8-17-9-6-7-14-19(17)15-16-10-12-18(13-11-16)20(2,3)4/h10-13,17H,5-9,14-15H2,1-4H3. The van der Waals surface area contributed by atoms with Gasteiger partial charge in [-0.05, 0) is 31.4 Å². The number of benzene rings is 1. The molecule has 1 fully saturated rings. The van der Waals surface area contributed by atoms with E-state index in [1.54, 1.807) is 5.19 Å². The maximum Gasteiger partial charge on any atom is 0.0775 e. The van der Waals surface area contributed by atoms with Crippen LogP contribution in [-0.4, -0.2) is 25.6 Å². The summed E-state index contributed by atoms with van der Waals surface area (Å²) < 4.78 is 0. The number of piperidine rings is 1. The van der Waals surface area contributed by atoms with E-state index in [1.807, 2.05) is 0 Å². The van der Waals surface area contributed by atoms with Crippen LogP contribution in [0.15, 0.2) is 24.3 Å². The molecule has 0 spiro atoms. The first-order chi connectivity index (χ1) is 9.50. The van der Waals surface area contributed by atoms with Crippen LogP contribution in [0.25, 0.3) is 0 Å². The van der Waals surface area contributed by atoms with Gasteiger partial charge < -0.3 is 0 Å². The second kappa shape index (κ2) is 6.90. The Morgan fingerprint density at radius 2 is 1.80 bits per heavy atom. The fourth-order valence-corrected chi connectivity index (χ4v) is 4.44. The zero-order valence-corrected chi connectivity index (χ0v) is 14.8. The molecule has 1 atom stereocenters. The molecule has 1 aliphatic heterocycles. The first kappa shape index (κ1) is 15.8. The first-order valence-corrected chi connectivity index (χ1v) is 11.8. The van der Waals surface area contributed by atoms with E-state index >= 15 is 0 Å². The molecule has 0 amide bonds. The fraction of sp³-hybridized carbons (Fsp3) is 0.667. The molecule has 0 N–H and O–H groups in total. The largest absolute Gasteiger partial charge is 0.296 e. The lowest BCUT2D eigenvalue weighted by molar-refractivity contribution is 0.131. The van der Waals surface area contributed by atoms with Gasteiger partial charge in [0.15, 0.2) is 0 Å². The maximum absolute atomic E-state index is 2.72. The first-order valence-electron chi connectivity index (χ1n) is 8.34. The quantitative estimate of drug-likeness (QED) is 0.727. The summed E-state index contributed by atoms with van der Waals surface area (Å²) in [6.45, 7) is 12.0. The number of hydrogen-bond acceptors (Lipinski definition) is 1. The molecular weight excluding hydrogens is 258 g/mol. The molecule has 112 valence electrons. The molecule has 0 aliphatic carbocycles. The highest BCUT2D eigenvalue weighted by Gasteiger charge is 2.22. The van der Waals surface area contributed by atoms with Crippen LogP contribution >= 0.6 is 0 Å². The average Bonchev–Trinajstić information content (AvgIpc) is 2.41. The fourth-order valence-electron chi connectivity index (χ4n) is 3.27. The predicted molar refractivity (Wildman–Crippen MR) is 92.4 cm³/mol. The molecule has 0 bridgehead atoms. The molecule has 1 aromatic rings. The summed E-state index contributed by atoms with van der Waals surface area (Å²) in [6.07, 6.45) is 6.90. The molecule has 0 radical (unpaired) electrons. The molecule has 0 aromatic heterocycles. The van der Waals surface area contributed by atoms with E-state index < -0.39 is 8.07 Å². The van der Waals surface area contributed by atoms with Crippen molar-refractivity contribution in [2.45, 2.75) is 71.3 Å². The number of likely N-dealkylation sites (tertiary alicyclic amines) is 1. The summed E-state index contributed by atoms with van der Waals surface area (Å²) in [4.78, 5) is 2.72.